The molecule has 0 radical (unpaired) electrons. The summed E-state index contributed by atoms with van der Waals surface area (Å²) in [6.07, 6.45) is 2.35. The van der Waals surface area contributed by atoms with E-state index >= 15 is 0 Å². The number of hydrogen-bond donors (Lipinski definition) is 1. The van der Waals surface area contributed by atoms with Gasteiger partial charge in [0.2, 0.25) is 21.8 Å². The zero-order valence-electron chi connectivity index (χ0n) is 21.4. The normalized spacial score (nSPS) is 12.0. The molecule has 0 aliphatic heterocycles. The number of sulfonamides is 1. The topological polar surface area (TPSA) is 96.0 Å². The van der Waals surface area contributed by atoms with Gasteiger partial charge in [-0.1, -0.05) is 35.0 Å². The lowest BCUT2D eigenvalue weighted by molar-refractivity contribution is -0.140. The van der Waals surface area contributed by atoms with Crippen molar-refractivity contribution in [1.29, 1.82) is 0 Å². The summed E-state index contributed by atoms with van der Waals surface area (Å²) in [6, 6.07) is 13.7. The van der Waals surface area contributed by atoms with Crippen LogP contribution in [0.25, 0.3) is 0 Å². The van der Waals surface area contributed by atoms with Crippen molar-refractivity contribution in [2.45, 2.75) is 52.6 Å². The average Bonchev–Trinajstić information content (AvgIpc) is 2.84. The van der Waals surface area contributed by atoms with Gasteiger partial charge in [0.05, 0.1) is 18.6 Å². The maximum absolute atomic E-state index is 13.3. The Morgan fingerprint density at radius 2 is 1.69 bits per heavy atom. The zero-order chi connectivity index (χ0) is 26.7. The van der Waals surface area contributed by atoms with Gasteiger partial charge in [-0.15, -0.1) is 0 Å². The Bertz CT molecular complexity index is 1090. The lowest BCUT2D eigenvalue weighted by atomic mass is 10.1. The molecule has 0 fully saturated rings. The van der Waals surface area contributed by atoms with Crippen molar-refractivity contribution in [2.75, 3.05) is 30.3 Å². The summed E-state index contributed by atoms with van der Waals surface area (Å²) in [4.78, 5) is 27.5. The van der Waals surface area contributed by atoms with Crippen molar-refractivity contribution in [2.24, 2.45) is 0 Å². The van der Waals surface area contributed by atoms with Crippen LogP contribution < -0.4 is 14.4 Å². The van der Waals surface area contributed by atoms with Gasteiger partial charge in [0.15, 0.2) is 0 Å². The Balaban J connectivity index is 2.13. The molecule has 2 amide bonds. The van der Waals surface area contributed by atoms with Crippen molar-refractivity contribution >= 4 is 43.5 Å². The number of hydrogen-bond acceptors (Lipinski definition) is 5. The Hall–Kier alpha value is -2.59. The first-order valence-corrected chi connectivity index (χ1v) is 14.7. The molecule has 0 bridgehead atoms. The minimum Gasteiger partial charge on any atom is -0.494 e. The Labute approximate surface area is 223 Å². The van der Waals surface area contributed by atoms with Gasteiger partial charge in [-0.25, -0.2) is 8.42 Å². The first-order valence-electron chi connectivity index (χ1n) is 12.1. The van der Waals surface area contributed by atoms with Gasteiger partial charge in [-0.3, -0.25) is 13.9 Å². The third kappa shape index (κ3) is 9.13. The summed E-state index contributed by atoms with van der Waals surface area (Å²) < 4.78 is 32.6. The number of carbonyl (C=O) groups is 2. The average molecular weight is 583 g/mol. The molecule has 36 heavy (non-hydrogen) atoms. The highest BCUT2D eigenvalue weighted by molar-refractivity contribution is 9.10. The highest BCUT2D eigenvalue weighted by Crippen LogP contribution is 2.23. The van der Waals surface area contributed by atoms with E-state index in [1.54, 1.807) is 36.1 Å². The van der Waals surface area contributed by atoms with Crippen LogP contribution in [0.15, 0.2) is 53.0 Å². The van der Waals surface area contributed by atoms with Crippen LogP contribution in [0.1, 0.15) is 45.6 Å². The second kappa shape index (κ2) is 14.2. The minimum absolute atomic E-state index is 0.102. The predicted molar refractivity (Wildman–Crippen MR) is 146 cm³/mol. The zero-order valence-corrected chi connectivity index (χ0v) is 23.8. The molecule has 0 unspecified atom stereocenters. The van der Waals surface area contributed by atoms with E-state index in [4.69, 9.17) is 4.74 Å². The highest BCUT2D eigenvalue weighted by atomic mass is 79.9. The van der Waals surface area contributed by atoms with E-state index in [-0.39, 0.29) is 31.3 Å². The van der Waals surface area contributed by atoms with E-state index < -0.39 is 16.1 Å². The second-order valence-electron chi connectivity index (χ2n) is 8.48. The number of benzene rings is 2. The van der Waals surface area contributed by atoms with Gasteiger partial charge in [0, 0.05) is 30.5 Å². The first kappa shape index (κ1) is 29.6. The molecule has 1 N–H and O–H groups in total. The van der Waals surface area contributed by atoms with Gasteiger partial charge in [0.1, 0.15) is 11.8 Å². The summed E-state index contributed by atoms with van der Waals surface area (Å²) in [5.41, 5.74) is 1.40. The monoisotopic (exact) mass is 581 g/mol. The van der Waals surface area contributed by atoms with Gasteiger partial charge in [0.25, 0.3) is 0 Å². The smallest absolute Gasteiger partial charge is 0.242 e. The van der Waals surface area contributed by atoms with Gasteiger partial charge < -0.3 is 15.0 Å². The SMILES string of the molecule is CCCNC(=O)[C@@H](C)N(Cc1ccc(Br)cc1)C(=O)CCCN(c1ccc(OCC)cc1)S(C)(=O)=O. The number of rotatable bonds is 14. The molecule has 0 aliphatic rings. The van der Waals surface area contributed by atoms with Crippen molar-refractivity contribution in [3.05, 3.63) is 58.6 Å². The number of nitrogens with zero attached hydrogens (tertiary/aromatic N) is 2. The van der Waals surface area contributed by atoms with Crippen molar-refractivity contribution in [1.82, 2.24) is 10.2 Å². The fourth-order valence-electron chi connectivity index (χ4n) is 3.64. The quantitative estimate of drug-likeness (QED) is 0.358. The van der Waals surface area contributed by atoms with E-state index in [0.717, 1.165) is 22.7 Å². The Morgan fingerprint density at radius 1 is 1.06 bits per heavy atom. The van der Waals surface area contributed by atoms with E-state index in [2.05, 4.69) is 21.2 Å². The maximum atomic E-state index is 13.3. The van der Waals surface area contributed by atoms with Crippen LogP contribution in [0, 0.1) is 0 Å². The fourth-order valence-corrected chi connectivity index (χ4v) is 4.87. The van der Waals surface area contributed by atoms with E-state index in [1.165, 1.54) is 4.31 Å². The maximum Gasteiger partial charge on any atom is 0.242 e. The summed E-state index contributed by atoms with van der Waals surface area (Å²) in [6.45, 7) is 7.03. The van der Waals surface area contributed by atoms with Crippen LogP contribution in [0.2, 0.25) is 0 Å². The molecule has 0 saturated heterocycles. The molecule has 0 aromatic heterocycles. The van der Waals surface area contributed by atoms with Crippen LogP contribution in [-0.4, -0.2) is 57.1 Å². The molecule has 0 aliphatic carbocycles. The minimum atomic E-state index is -3.55. The molecule has 0 spiro atoms. The molecule has 2 rings (SSSR count). The lowest BCUT2D eigenvalue weighted by Gasteiger charge is -2.29. The Kier molecular flexibility index (Phi) is 11.7. The van der Waals surface area contributed by atoms with Crippen LogP contribution in [0.4, 0.5) is 5.69 Å². The predicted octanol–water partition coefficient (Wildman–Crippen LogP) is 4.34. The number of halogens is 1. The summed E-state index contributed by atoms with van der Waals surface area (Å²) >= 11 is 3.41. The first-order chi connectivity index (χ1) is 17.1. The number of amides is 2. The Morgan fingerprint density at radius 3 is 2.25 bits per heavy atom. The number of nitrogens with one attached hydrogen (secondary N) is 1. The van der Waals surface area contributed by atoms with Gasteiger partial charge >= 0.3 is 0 Å². The summed E-state index contributed by atoms with van der Waals surface area (Å²) in [7, 11) is -3.55. The van der Waals surface area contributed by atoms with Crippen LogP contribution in [-0.2, 0) is 26.2 Å². The third-order valence-electron chi connectivity index (χ3n) is 5.57. The van der Waals surface area contributed by atoms with Gasteiger partial charge in [-0.2, -0.15) is 0 Å². The molecule has 198 valence electrons. The highest BCUT2D eigenvalue weighted by Gasteiger charge is 2.26. The molecule has 8 nitrogen and oxygen atoms in total. The summed E-state index contributed by atoms with van der Waals surface area (Å²) in [5, 5.41) is 2.85. The van der Waals surface area contributed by atoms with Crippen LogP contribution in [0.3, 0.4) is 0 Å². The molecular formula is C26H36BrN3O5S. The van der Waals surface area contributed by atoms with Crippen molar-refractivity contribution in [3.63, 3.8) is 0 Å². The van der Waals surface area contributed by atoms with E-state index in [9.17, 15) is 18.0 Å². The number of carbonyl (C=O) groups excluding carboxylic acids is 2. The molecule has 2 aromatic carbocycles. The third-order valence-corrected chi connectivity index (χ3v) is 7.29. The second-order valence-corrected chi connectivity index (χ2v) is 11.3. The van der Waals surface area contributed by atoms with Gasteiger partial charge in [-0.05, 0) is 68.7 Å². The van der Waals surface area contributed by atoms with Crippen molar-refractivity contribution < 1.29 is 22.7 Å². The molecule has 0 saturated carbocycles. The van der Waals surface area contributed by atoms with Crippen molar-refractivity contribution in [3.8, 4) is 5.75 Å². The molecule has 10 heteroatoms. The summed E-state index contributed by atoms with van der Waals surface area (Å²) in [5.74, 6) is 0.232. The standard InChI is InChI=1S/C26H36BrN3O5S/c1-5-17-28-26(32)20(3)29(19-21-9-11-22(27)12-10-21)25(31)8-7-18-30(36(4,33)34)23-13-15-24(16-14-23)35-6-2/h9-16,20H,5-8,17-19H2,1-4H3,(H,28,32)/t20-/m1/s1. The number of anilines is 1. The van der Waals surface area contributed by atoms with Crippen LogP contribution in [0.5, 0.6) is 5.75 Å². The fraction of sp³-hybridized carbons (Fsp3) is 0.462. The number of ether oxygens (including phenoxy) is 1. The molecule has 2 aromatic rings. The molecule has 0 heterocycles. The molecular weight excluding hydrogens is 546 g/mol. The lowest BCUT2D eigenvalue weighted by Crippen LogP contribution is -2.47. The van der Waals surface area contributed by atoms with Crippen LogP contribution >= 0.6 is 15.9 Å². The van der Waals surface area contributed by atoms with E-state index in [1.807, 2.05) is 38.1 Å². The van der Waals surface area contributed by atoms with E-state index in [0.29, 0.717) is 31.0 Å². The largest absolute Gasteiger partial charge is 0.494 e. The molecule has 1 atom stereocenters.